The van der Waals surface area contributed by atoms with Gasteiger partial charge in [-0.2, -0.15) is 0 Å². The summed E-state index contributed by atoms with van der Waals surface area (Å²) in [5.41, 5.74) is 2.62. The number of likely N-dealkylation sites (tertiary alicyclic amines) is 1. The zero-order valence-corrected chi connectivity index (χ0v) is 16.8. The molecule has 2 aliphatic heterocycles. The van der Waals surface area contributed by atoms with Crippen LogP contribution in [0.25, 0.3) is 0 Å². The number of aromatic hydroxyl groups is 1. The highest BCUT2D eigenvalue weighted by molar-refractivity contribution is 5.73. The molecule has 1 amide bonds. The summed E-state index contributed by atoms with van der Waals surface area (Å²) in [7, 11) is 0. The lowest BCUT2D eigenvalue weighted by molar-refractivity contribution is -0.134. The number of rotatable bonds is 3. The van der Waals surface area contributed by atoms with E-state index in [4.69, 9.17) is 4.74 Å². The van der Waals surface area contributed by atoms with Crippen LogP contribution in [-0.4, -0.2) is 47.2 Å². The first-order chi connectivity index (χ1) is 13.4. The smallest absolute Gasteiger partial charge is 0.217 e. The first kappa shape index (κ1) is 17.1. The van der Waals surface area contributed by atoms with Gasteiger partial charge in [0, 0.05) is 30.5 Å². The van der Waals surface area contributed by atoms with Gasteiger partial charge >= 0.3 is 0 Å². The zero-order chi connectivity index (χ0) is 19.3. The summed E-state index contributed by atoms with van der Waals surface area (Å²) in [6, 6.07) is 4.46. The number of carbonyl (C=O) groups excluding carboxylic acids is 1. The second kappa shape index (κ2) is 5.44. The molecule has 1 aromatic rings. The topological polar surface area (TPSA) is 61.8 Å². The van der Waals surface area contributed by atoms with Gasteiger partial charge in [-0.1, -0.05) is 13.0 Å². The maximum Gasteiger partial charge on any atom is 0.217 e. The van der Waals surface area contributed by atoms with Crippen molar-refractivity contribution in [2.75, 3.05) is 13.1 Å². The summed E-state index contributed by atoms with van der Waals surface area (Å²) in [5.74, 6) is 1.85. The molecule has 2 heterocycles. The third-order valence-corrected chi connectivity index (χ3v) is 8.72. The lowest BCUT2D eigenvalue weighted by atomic mass is 9.43. The number of benzene rings is 1. The Morgan fingerprint density at radius 1 is 1.32 bits per heavy atom. The van der Waals surface area contributed by atoms with Crippen LogP contribution in [0, 0.1) is 11.3 Å². The van der Waals surface area contributed by atoms with Gasteiger partial charge in [-0.05, 0) is 68.0 Å². The summed E-state index contributed by atoms with van der Waals surface area (Å²) in [5, 5.41) is 13.8. The third kappa shape index (κ3) is 1.99. The van der Waals surface area contributed by atoms with Gasteiger partial charge in [-0.25, -0.2) is 0 Å². The number of nitrogens with one attached hydrogen (secondary N) is 1. The van der Waals surface area contributed by atoms with Crippen LogP contribution in [0.15, 0.2) is 12.1 Å². The van der Waals surface area contributed by atoms with E-state index in [9.17, 15) is 9.90 Å². The van der Waals surface area contributed by atoms with Gasteiger partial charge in [-0.15, -0.1) is 0 Å². The monoisotopic (exact) mass is 382 g/mol. The highest BCUT2D eigenvalue weighted by atomic mass is 16.5. The quantitative estimate of drug-likeness (QED) is 0.844. The molecule has 5 aliphatic rings. The van der Waals surface area contributed by atoms with E-state index in [-0.39, 0.29) is 34.6 Å². The van der Waals surface area contributed by atoms with Crippen LogP contribution >= 0.6 is 0 Å². The minimum Gasteiger partial charge on any atom is -0.504 e. The minimum atomic E-state index is -0.106. The van der Waals surface area contributed by atoms with Gasteiger partial charge in [0.05, 0.1) is 6.04 Å². The molecular formula is C23H30N2O3. The lowest BCUT2D eigenvalue weighted by Crippen LogP contribution is -2.73. The molecule has 28 heavy (non-hydrogen) atoms. The van der Waals surface area contributed by atoms with Gasteiger partial charge in [0.2, 0.25) is 5.91 Å². The molecule has 5 heteroatoms. The predicted molar refractivity (Wildman–Crippen MR) is 106 cm³/mol. The normalized spacial score (nSPS) is 40.6. The van der Waals surface area contributed by atoms with Crippen LogP contribution in [0.3, 0.4) is 0 Å². The van der Waals surface area contributed by atoms with Crippen LogP contribution in [0.4, 0.5) is 0 Å². The second-order valence-electron chi connectivity index (χ2n) is 10.1. The van der Waals surface area contributed by atoms with Crippen LogP contribution < -0.4 is 10.1 Å². The molecule has 6 rings (SSSR count). The first-order valence-corrected chi connectivity index (χ1v) is 11.0. The van der Waals surface area contributed by atoms with Crippen molar-refractivity contribution in [1.29, 1.82) is 0 Å². The predicted octanol–water partition coefficient (Wildman–Crippen LogP) is 2.74. The fraction of sp³-hybridized carbons (Fsp3) is 0.696. The van der Waals surface area contributed by atoms with Gasteiger partial charge < -0.3 is 15.2 Å². The number of phenols is 1. The Balaban J connectivity index is 1.52. The SMILES string of the molecule is CC(=O)N[C@@H]1CC[C@@]2(C)C3Cc4ccc(O)c5c4[C@@]2(CCN3CC2CC2)C1O5. The van der Waals surface area contributed by atoms with E-state index in [1.165, 1.54) is 30.5 Å². The Kier molecular flexibility index (Phi) is 3.33. The van der Waals surface area contributed by atoms with Crippen molar-refractivity contribution >= 4 is 5.91 Å². The van der Waals surface area contributed by atoms with E-state index in [0.29, 0.717) is 11.8 Å². The molecule has 0 radical (unpaired) electrons. The van der Waals surface area contributed by atoms with Gasteiger partial charge in [0.15, 0.2) is 11.5 Å². The summed E-state index contributed by atoms with van der Waals surface area (Å²) in [6.07, 6.45) is 6.83. The Morgan fingerprint density at radius 2 is 2.14 bits per heavy atom. The van der Waals surface area contributed by atoms with E-state index in [1.807, 2.05) is 0 Å². The van der Waals surface area contributed by atoms with Crippen LogP contribution in [0.2, 0.25) is 0 Å². The number of hydrogen-bond acceptors (Lipinski definition) is 4. The molecule has 150 valence electrons. The molecule has 2 bridgehead atoms. The fourth-order valence-electron chi connectivity index (χ4n) is 7.34. The molecule has 1 spiro atoms. The van der Waals surface area contributed by atoms with Crippen LogP contribution in [0.5, 0.6) is 11.5 Å². The third-order valence-electron chi connectivity index (χ3n) is 8.72. The van der Waals surface area contributed by atoms with E-state index in [1.54, 1.807) is 13.0 Å². The number of nitrogens with zero attached hydrogens (tertiary/aromatic N) is 1. The molecule has 5 nitrogen and oxygen atoms in total. The van der Waals surface area contributed by atoms with Crippen LogP contribution in [0.1, 0.15) is 57.1 Å². The molecule has 5 atom stereocenters. The van der Waals surface area contributed by atoms with Gasteiger partial charge in [0.25, 0.3) is 0 Å². The summed E-state index contributed by atoms with van der Waals surface area (Å²) in [4.78, 5) is 14.7. The molecule has 2 saturated carbocycles. The molecule has 3 fully saturated rings. The molecule has 3 aliphatic carbocycles. The van der Waals surface area contributed by atoms with Crippen molar-refractivity contribution in [3.63, 3.8) is 0 Å². The van der Waals surface area contributed by atoms with Crippen molar-refractivity contribution < 1.29 is 14.6 Å². The van der Waals surface area contributed by atoms with Crippen LogP contribution in [-0.2, 0) is 16.6 Å². The Morgan fingerprint density at radius 3 is 2.89 bits per heavy atom. The molecule has 2 N–H and O–H groups in total. The van der Waals surface area contributed by atoms with Gasteiger partial charge in [0.1, 0.15) is 6.10 Å². The molecule has 1 aromatic carbocycles. The standard InChI is InChI=1S/C23H30N2O3/c1-13(26)24-16-7-8-22(2)18-11-15-5-6-17(27)20-19(15)23(22,21(16)28-20)9-10-25(18)12-14-3-4-14/h5-6,14,16,18,21,27H,3-4,7-12H2,1-2H3,(H,24,26)/t16-,18?,21?,22+,23+/m1/s1. The van der Waals surface area contributed by atoms with E-state index < -0.39 is 0 Å². The number of carbonyl (C=O) groups is 1. The number of hydrogen-bond donors (Lipinski definition) is 2. The summed E-state index contributed by atoms with van der Waals surface area (Å²) in [6.45, 7) is 6.40. The van der Waals surface area contributed by atoms with E-state index in [0.717, 1.165) is 38.1 Å². The van der Waals surface area contributed by atoms with Crippen molar-refractivity contribution in [3.05, 3.63) is 23.3 Å². The van der Waals surface area contributed by atoms with Crippen molar-refractivity contribution in [2.24, 2.45) is 11.3 Å². The average Bonchev–Trinajstić information content (AvgIpc) is 3.38. The minimum absolute atomic E-state index is 0.00698. The molecule has 2 unspecified atom stereocenters. The Hall–Kier alpha value is -1.75. The van der Waals surface area contributed by atoms with E-state index in [2.05, 4.69) is 23.2 Å². The van der Waals surface area contributed by atoms with Crippen molar-refractivity contribution in [1.82, 2.24) is 10.2 Å². The van der Waals surface area contributed by atoms with Crippen molar-refractivity contribution in [2.45, 2.75) is 76.0 Å². The number of piperidine rings is 1. The lowest BCUT2D eigenvalue weighted by Gasteiger charge is -2.65. The Labute approximate surface area is 166 Å². The van der Waals surface area contributed by atoms with E-state index >= 15 is 0 Å². The average molecular weight is 383 g/mol. The summed E-state index contributed by atoms with van der Waals surface area (Å²) < 4.78 is 6.53. The fourth-order valence-corrected chi connectivity index (χ4v) is 7.34. The first-order valence-electron chi connectivity index (χ1n) is 11.0. The molecule has 0 aromatic heterocycles. The second-order valence-corrected chi connectivity index (χ2v) is 10.1. The number of amides is 1. The maximum absolute atomic E-state index is 11.9. The highest BCUT2D eigenvalue weighted by Crippen LogP contribution is 2.69. The Bertz CT molecular complexity index is 866. The zero-order valence-electron chi connectivity index (χ0n) is 16.8. The highest BCUT2D eigenvalue weighted by Gasteiger charge is 2.71. The number of phenolic OH excluding ortho intramolecular Hbond substituents is 1. The van der Waals surface area contributed by atoms with Crippen molar-refractivity contribution in [3.8, 4) is 11.5 Å². The molecule has 1 saturated heterocycles. The van der Waals surface area contributed by atoms with Gasteiger partial charge in [-0.3, -0.25) is 9.69 Å². The summed E-state index contributed by atoms with van der Waals surface area (Å²) >= 11 is 0. The number of ether oxygens (including phenoxy) is 1. The maximum atomic E-state index is 11.9. The largest absolute Gasteiger partial charge is 0.504 e. The molecular weight excluding hydrogens is 352 g/mol.